The fourth-order valence-electron chi connectivity index (χ4n) is 1.88. The molecule has 0 saturated carbocycles. The molecule has 3 amide bonds. The molecule has 3 rings (SSSR count). The van der Waals surface area contributed by atoms with Crippen LogP contribution in [0.1, 0.15) is 5.56 Å². The number of urea groups is 1. The van der Waals surface area contributed by atoms with Crippen LogP contribution in [0, 0.1) is 0 Å². The first-order valence-electron chi connectivity index (χ1n) is 7.32. The summed E-state index contributed by atoms with van der Waals surface area (Å²) in [6, 6.07) is 12.2. The second kappa shape index (κ2) is 8.15. The molecule has 9 heteroatoms. The van der Waals surface area contributed by atoms with E-state index in [1.54, 1.807) is 12.1 Å². The lowest BCUT2D eigenvalue weighted by Crippen LogP contribution is -2.39. The molecule has 0 saturated heterocycles. The Morgan fingerprint density at radius 2 is 1.92 bits per heavy atom. The third-order valence-electron chi connectivity index (χ3n) is 3.01. The Labute approximate surface area is 147 Å². The minimum Gasteiger partial charge on any atom is -0.459 e. The zero-order valence-corrected chi connectivity index (χ0v) is 13.8. The van der Waals surface area contributed by atoms with Crippen LogP contribution in [0.4, 0.5) is 4.79 Å². The highest BCUT2D eigenvalue weighted by Gasteiger charge is 2.14. The Hall–Kier alpha value is -3.07. The number of benzene rings is 1. The van der Waals surface area contributed by atoms with E-state index in [2.05, 4.69) is 20.8 Å². The fourth-order valence-corrected chi connectivity index (χ4v) is 2.44. The molecule has 8 nitrogen and oxygen atoms in total. The number of amides is 3. The lowest BCUT2D eigenvalue weighted by molar-refractivity contribution is -0.117. The van der Waals surface area contributed by atoms with Crippen molar-refractivity contribution in [2.75, 3.05) is 5.75 Å². The van der Waals surface area contributed by atoms with Gasteiger partial charge in [-0.3, -0.25) is 10.1 Å². The van der Waals surface area contributed by atoms with E-state index in [1.165, 1.54) is 6.26 Å². The number of aromatic nitrogens is 2. The van der Waals surface area contributed by atoms with Gasteiger partial charge in [0.05, 0.1) is 12.0 Å². The molecule has 1 aromatic carbocycles. The van der Waals surface area contributed by atoms with Crippen molar-refractivity contribution in [3.8, 4) is 11.7 Å². The van der Waals surface area contributed by atoms with Crippen LogP contribution in [0.5, 0.6) is 0 Å². The van der Waals surface area contributed by atoms with Crippen LogP contribution in [0.3, 0.4) is 0 Å². The average molecular weight is 358 g/mol. The third kappa shape index (κ3) is 4.95. The fraction of sp³-hybridized carbons (Fsp3) is 0.125. The summed E-state index contributed by atoms with van der Waals surface area (Å²) in [6.45, 7) is 0.337. The number of rotatable bonds is 6. The highest BCUT2D eigenvalue weighted by atomic mass is 32.2. The van der Waals surface area contributed by atoms with Crippen LogP contribution < -0.4 is 10.6 Å². The number of furan rings is 1. The zero-order chi connectivity index (χ0) is 17.5. The normalized spacial score (nSPS) is 10.4. The Kier molecular flexibility index (Phi) is 5.47. The Bertz CT molecular complexity index is 833. The van der Waals surface area contributed by atoms with Crippen molar-refractivity contribution in [2.24, 2.45) is 0 Å². The first kappa shape index (κ1) is 16.8. The molecule has 2 aromatic heterocycles. The topological polar surface area (TPSA) is 110 Å². The predicted octanol–water partition coefficient (Wildman–Crippen LogP) is 2.45. The minimum atomic E-state index is -0.559. The first-order chi connectivity index (χ1) is 12.2. The number of nitrogens with zero attached hydrogens (tertiary/aromatic N) is 2. The summed E-state index contributed by atoms with van der Waals surface area (Å²) in [5, 5.41) is 12.7. The number of thioether (sulfide) groups is 1. The van der Waals surface area contributed by atoms with Gasteiger partial charge in [-0.15, -0.1) is 10.2 Å². The van der Waals surface area contributed by atoms with Crippen molar-refractivity contribution in [3.05, 3.63) is 54.3 Å². The van der Waals surface area contributed by atoms with Gasteiger partial charge in [-0.2, -0.15) is 0 Å². The Morgan fingerprint density at radius 1 is 1.08 bits per heavy atom. The van der Waals surface area contributed by atoms with Gasteiger partial charge in [0, 0.05) is 6.54 Å². The van der Waals surface area contributed by atoms with E-state index in [0.29, 0.717) is 12.3 Å². The van der Waals surface area contributed by atoms with Crippen LogP contribution in [-0.4, -0.2) is 27.9 Å². The lowest BCUT2D eigenvalue weighted by Gasteiger charge is -2.06. The van der Waals surface area contributed by atoms with E-state index in [-0.39, 0.29) is 16.9 Å². The van der Waals surface area contributed by atoms with Crippen LogP contribution in [0.2, 0.25) is 0 Å². The van der Waals surface area contributed by atoms with E-state index in [1.807, 2.05) is 30.3 Å². The summed E-state index contributed by atoms with van der Waals surface area (Å²) in [4.78, 5) is 23.5. The second-order valence-corrected chi connectivity index (χ2v) is 5.78. The van der Waals surface area contributed by atoms with Crippen LogP contribution in [0.15, 0.2) is 62.8 Å². The minimum absolute atomic E-state index is 0.0292. The second-order valence-electron chi connectivity index (χ2n) is 4.86. The molecule has 0 fully saturated rings. The van der Waals surface area contributed by atoms with Crippen molar-refractivity contribution in [1.29, 1.82) is 0 Å². The van der Waals surface area contributed by atoms with Gasteiger partial charge in [0.25, 0.3) is 11.1 Å². The molecule has 0 unspecified atom stereocenters. The molecule has 0 bridgehead atoms. The molecule has 0 aliphatic rings. The van der Waals surface area contributed by atoms with Crippen molar-refractivity contribution in [2.45, 2.75) is 11.8 Å². The van der Waals surface area contributed by atoms with Gasteiger partial charge in [0.1, 0.15) is 0 Å². The van der Waals surface area contributed by atoms with Crippen LogP contribution >= 0.6 is 11.8 Å². The molecule has 128 valence electrons. The monoisotopic (exact) mass is 358 g/mol. The summed E-state index contributed by atoms with van der Waals surface area (Å²) < 4.78 is 10.5. The van der Waals surface area contributed by atoms with Gasteiger partial charge >= 0.3 is 6.03 Å². The largest absolute Gasteiger partial charge is 0.459 e. The van der Waals surface area contributed by atoms with E-state index in [4.69, 9.17) is 8.83 Å². The zero-order valence-electron chi connectivity index (χ0n) is 13.0. The Morgan fingerprint density at radius 3 is 2.68 bits per heavy atom. The van der Waals surface area contributed by atoms with E-state index < -0.39 is 11.9 Å². The summed E-state index contributed by atoms with van der Waals surface area (Å²) in [7, 11) is 0. The molecule has 25 heavy (non-hydrogen) atoms. The van der Waals surface area contributed by atoms with Crippen molar-refractivity contribution >= 4 is 23.7 Å². The number of nitrogens with one attached hydrogen (secondary N) is 2. The number of hydrogen-bond donors (Lipinski definition) is 2. The van der Waals surface area contributed by atoms with E-state index in [0.717, 1.165) is 17.3 Å². The maximum absolute atomic E-state index is 11.8. The standard InChI is InChI=1S/C16H14N4O4S/c21-13(18-15(22)17-9-11-5-2-1-3-6-11)10-25-16-20-19-14(24-16)12-7-4-8-23-12/h1-8H,9-10H2,(H2,17,18,21,22). The molecular weight excluding hydrogens is 344 g/mol. The van der Waals surface area contributed by atoms with Crippen LogP contribution in [-0.2, 0) is 11.3 Å². The highest BCUT2D eigenvalue weighted by Crippen LogP contribution is 2.22. The quantitative estimate of drug-likeness (QED) is 0.651. The predicted molar refractivity (Wildman–Crippen MR) is 89.5 cm³/mol. The molecular formula is C16H14N4O4S. The van der Waals surface area contributed by atoms with Crippen molar-refractivity contribution < 1.29 is 18.4 Å². The maximum atomic E-state index is 11.8. The van der Waals surface area contributed by atoms with Crippen molar-refractivity contribution in [1.82, 2.24) is 20.8 Å². The van der Waals surface area contributed by atoms with Crippen molar-refractivity contribution in [3.63, 3.8) is 0 Å². The van der Waals surface area contributed by atoms with Crippen LogP contribution in [0.25, 0.3) is 11.7 Å². The summed E-state index contributed by atoms with van der Waals surface area (Å²) in [5.74, 6) is 0.185. The van der Waals surface area contributed by atoms with Gasteiger partial charge in [-0.25, -0.2) is 4.79 Å². The lowest BCUT2D eigenvalue weighted by atomic mass is 10.2. The number of imide groups is 1. The molecule has 2 heterocycles. The summed E-state index contributed by atoms with van der Waals surface area (Å²) in [6.07, 6.45) is 1.49. The van der Waals surface area contributed by atoms with Gasteiger partial charge < -0.3 is 14.2 Å². The number of carbonyl (C=O) groups is 2. The molecule has 3 aromatic rings. The first-order valence-corrected chi connectivity index (χ1v) is 8.31. The molecule has 0 aliphatic carbocycles. The average Bonchev–Trinajstić information content (AvgIpc) is 3.30. The molecule has 0 radical (unpaired) electrons. The van der Waals surface area contributed by atoms with Gasteiger partial charge in [0.2, 0.25) is 5.91 Å². The number of carbonyl (C=O) groups excluding carboxylic acids is 2. The van der Waals surface area contributed by atoms with Gasteiger partial charge in [0.15, 0.2) is 5.76 Å². The van der Waals surface area contributed by atoms with Gasteiger partial charge in [-0.05, 0) is 17.7 Å². The molecule has 0 spiro atoms. The highest BCUT2D eigenvalue weighted by molar-refractivity contribution is 7.99. The van der Waals surface area contributed by atoms with E-state index in [9.17, 15) is 9.59 Å². The summed E-state index contributed by atoms with van der Waals surface area (Å²) in [5.41, 5.74) is 0.941. The summed E-state index contributed by atoms with van der Waals surface area (Å²) >= 11 is 1.03. The maximum Gasteiger partial charge on any atom is 0.321 e. The van der Waals surface area contributed by atoms with E-state index >= 15 is 0 Å². The number of hydrogen-bond acceptors (Lipinski definition) is 7. The molecule has 2 N–H and O–H groups in total. The molecule has 0 aliphatic heterocycles. The Balaban J connectivity index is 1.41. The SMILES string of the molecule is O=C(CSc1nnc(-c2ccco2)o1)NC(=O)NCc1ccccc1. The third-order valence-corrected chi connectivity index (χ3v) is 3.83. The molecule has 0 atom stereocenters. The smallest absolute Gasteiger partial charge is 0.321 e. The van der Waals surface area contributed by atoms with Gasteiger partial charge in [-0.1, -0.05) is 42.1 Å².